The number of aromatic nitrogens is 3. The van der Waals surface area contributed by atoms with Crippen LogP contribution in [0.4, 0.5) is 11.6 Å². The number of hydrogen-bond donors (Lipinski definition) is 2. The number of rotatable bonds is 4. The second-order valence-corrected chi connectivity index (χ2v) is 7.23. The van der Waals surface area contributed by atoms with Crippen LogP contribution in [0.5, 0.6) is 0 Å². The third-order valence-corrected chi connectivity index (χ3v) is 5.33. The number of nitriles is 1. The molecule has 140 valence electrons. The van der Waals surface area contributed by atoms with Crippen LogP contribution >= 0.6 is 0 Å². The number of carbonyl (C=O) groups excluding carboxylic acids is 1. The molecule has 0 aliphatic heterocycles. The van der Waals surface area contributed by atoms with Crippen LogP contribution in [0.25, 0.3) is 22.0 Å². The number of carbonyl (C=O) groups is 1. The maximum Gasteiger partial charge on any atom is 0.228 e. The molecule has 0 radical (unpaired) electrons. The molecule has 1 aliphatic carbocycles. The van der Waals surface area contributed by atoms with Gasteiger partial charge in [0.1, 0.15) is 11.6 Å². The molecule has 3 aromatic rings. The minimum Gasteiger partial charge on any atom is -0.383 e. The Morgan fingerprint density at radius 2 is 2.18 bits per heavy atom. The van der Waals surface area contributed by atoms with Crippen LogP contribution in [-0.2, 0) is 4.79 Å². The van der Waals surface area contributed by atoms with Gasteiger partial charge in [0.2, 0.25) is 5.91 Å². The van der Waals surface area contributed by atoms with Crippen molar-refractivity contribution in [2.75, 3.05) is 11.1 Å². The summed E-state index contributed by atoms with van der Waals surface area (Å²) in [6.45, 7) is 3.98. The lowest BCUT2D eigenvalue weighted by Gasteiger charge is -2.13. The number of amides is 1. The normalized spacial score (nSPS) is 17.9. The third kappa shape index (κ3) is 3.14. The van der Waals surface area contributed by atoms with Gasteiger partial charge < -0.3 is 11.1 Å². The molecule has 7 nitrogen and oxygen atoms in total. The highest BCUT2D eigenvalue weighted by molar-refractivity contribution is 6.00. The fraction of sp³-hybridized carbons (Fsp3) is 0.286. The van der Waals surface area contributed by atoms with Gasteiger partial charge in [-0.3, -0.25) is 9.78 Å². The molecule has 7 heteroatoms. The maximum absolute atomic E-state index is 12.4. The van der Waals surface area contributed by atoms with Gasteiger partial charge in [0.25, 0.3) is 0 Å². The second kappa shape index (κ2) is 6.89. The van der Waals surface area contributed by atoms with Crippen molar-refractivity contribution in [3.05, 3.63) is 41.9 Å². The maximum atomic E-state index is 12.4. The molecule has 2 atom stereocenters. The van der Waals surface area contributed by atoms with E-state index in [-0.39, 0.29) is 17.7 Å². The highest BCUT2D eigenvalue weighted by Gasteiger charge is 2.42. The topological polar surface area (TPSA) is 118 Å². The van der Waals surface area contributed by atoms with Gasteiger partial charge in [-0.05, 0) is 54.8 Å². The summed E-state index contributed by atoms with van der Waals surface area (Å²) >= 11 is 0. The third-order valence-electron chi connectivity index (χ3n) is 5.33. The van der Waals surface area contributed by atoms with E-state index in [4.69, 9.17) is 11.0 Å². The number of nitrogens with two attached hydrogens (primary N) is 1. The van der Waals surface area contributed by atoms with Gasteiger partial charge in [-0.2, -0.15) is 5.26 Å². The summed E-state index contributed by atoms with van der Waals surface area (Å²) in [7, 11) is 0. The molecule has 3 heterocycles. The molecule has 0 saturated heterocycles. The van der Waals surface area contributed by atoms with Gasteiger partial charge in [-0.15, -0.1) is 0 Å². The van der Waals surface area contributed by atoms with E-state index >= 15 is 0 Å². The average molecular weight is 372 g/mol. The van der Waals surface area contributed by atoms with Gasteiger partial charge in [0.15, 0.2) is 0 Å². The van der Waals surface area contributed by atoms with Crippen molar-refractivity contribution < 1.29 is 4.79 Å². The molecule has 28 heavy (non-hydrogen) atoms. The zero-order valence-electron chi connectivity index (χ0n) is 15.7. The number of hydrogen-bond acceptors (Lipinski definition) is 6. The Bertz CT molecular complexity index is 1130. The average Bonchev–Trinajstić information content (AvgIpc) is 3.45. The van der Waals surface area contributed by atoms with Gasteiger partial charge in [-0.1, -0.05) is 0 Å². The van der Waals surface area contributed by atoms with Gasteiger partial charge in [0, 0.05) is 41.9 Å². The smallest absolute Gasteiger partial charge is 0.228 e. The summed E-state index contributed by atoms with van der Waals surface area (Å²) in [4.78, 5) is 25.5. The molecule has 2 unspecified atom stereocenters. The monoisotopic (exact) mass is 372 g/mol. The van der Waals surface area contributed by atoms with Crippen molar-refractivity contribution in [2.24, 2.45) is 11.8 Å². The lowest BCUT2D eigenvalue weighted by atomic mass is 10.00. The van der Waals surface area contributed by atoms with Crippen molar-refractivity contribution in [3.8, 4) is 17.3 Å². The number of anilines is 2. The fourth-order valence-corrected chi connectivity index (χ4v) is 3.53. The van der Waals surface area contributed by atoms with Crippen molar-refractivity contribution >= 4 is 28.3 Å². The highest BCUT2D eigenvalue weighted by Crippen LogP contribution is 2.41. The standard InChI is InChI=1S/C21H20N6O/c1-11-4-6-24-9-16(11)19-12(2)14-8-18(25-10-17(14)20(23)27-19)26-21(28)15-7-13(15)3-5-22/h4,6,8-10,13,15H,3,7H2,1-2H3,(H2,23,27)(H,25,26,28). The van der Waals surface area contributed by atoms with Crippen molar-refractivity contribution in [3.63, 3.8) is 0 Å². The van der Waals surface area contributed by atoms with Crippen molar-refractivity contribution in [1.29, 1.82) is 5.26 Å². The van der Waals surface area contributed by atoms with E-state index < -0.39 is 0 Å². The predicted molar refractivity (Wildman–Crippen MR) is 107 cm³/mol. The fourth-order valence-electron chi connectivity index (χ4n) is 3.53. The molecular weight excluding hydrogens is 352 g/mol. The summed E-state index contributed by atoms with van der Waals surface area (Å²) in [6, 6.07) is 5.88. The number of aryl methyl sites for hydroxylation is 2. The summed E-state index contributed by atoms with van der Waals surface area (Å²) in [6.07, 6.45) is 6.33. The Morgan fingerprint density at radius 1 is 1.36 bits per heavy atom. The van der Waals surface area contributed by atoms with Crippen LogP contribution in [0.2, 0.25) is 0 Å². The van der Waals surface area contributed by atoms with Crippen molar-refractivity contribution in [1.82, 2.24) is 15.0 Å². The second-order valence-electron chi connectivity index (χ2n) is 7.23. The molecule has 3 N–H and O–H groups in total. The Labute approximate surface area is 162 Å². The zero-order valence-corrected chi connectivity index (χ0v) is 15.7. The molecule has 1 amide bonds. The number of fused-ring (bicyclic) bond motifs is 1. The molecule has 4 rings (SSSR count). The lowest BCUT2D eigenvalue weighted by molar-refractivity contribution is -0.117. The largest absolute Gasteiger partial charge is 0.383 e. The first-order valence-corrected chi connectivity index (χ1v) is 9.14. The van der Waals surface area contributed by atoms with Crippen LogP contribution in [0.3, 0.4) is 0 Å². The van der Waals surface area contributed by atoms with Crippen LogP contribution in [0.15, 0.2) is 30.7 Å². The molecule has 0 aromatic carbocycles. The van der Waals surface area contributed by atoms with Gasteiger partial charge >= 0.3 is 0 Å². The van der Waals surface area contributed by atoms with E-state index in [0.29, 0.717) is 18.1 Å². The Kier molecular flexibility index (Phi) is 4.40. The van der Waals surface area contributed by atoms with Crippen LogP contribution in [-0.4, -0.2) is 20.9 Å². The minimum absolute atomic E-state index is 0.0879. The summed E-state index contributed by atoms with van der Waals surface area (Å²) in [5.74, 6) is 0.833. The Morgan fingerprint density at radius 3 is 2.93 bits per heavy atom. The van der Waals surface area contributed by atoms with E-state index in [9.17, 15) is 4.79 Å². The van der Waals surface area contributed by atoms with E-state index in [2.05, 4.69) is 26.3 Å². The molecule has 3 aromatic heterocycles. The Hall–Kier alpha value is -3.53. The zero-order chi connectivity index (χ0) is 19.8. The first-order valence-electron chi connectivity index (χ1n) is 9.14. The molecular formula is C21H20N6O. The number of pyridine rings is 3. The quantitative estimate of drug-likeness (QED) is 0.725. The molecule has 0 spiro atoms. The van der Waals surface area contributed by atoms with Crippen molar-refractivity contribution in [2.45, 2.75) is 26.7 Å². The summed E-state index contributed by atoms with van der Waals surface area (Å²) in [5.41, 5.74) is 9.89. The summed E-state index contributed by atoms with van der Waals surface area (Å²) < 4.78 is 0. The minimum atomic E-state index is -0.102. The highest BCUT2D eigenvalue weighted by atomic mass is 16.2. The van der Waals surface area contributed by atoms with Gasteiger partial charge in [-0.25, -0.2) is 9.97 Å². The SMILES string of the molecule is Cc1ccncc1-c1nc(N)c2cnc(NC(=O)C3CC3CC#N)cc2c1C. The predicted octanol–water partition coefficient (Wildman–Crippen LogP) is 3.38. The van der Waals surface area contributed by atoms with Crippen LogP contribution in [0, 0.1) is 37.0 Å². The molecule has 1 aliphatic rings. The van der Waals surface area contributed by atoms with E-state index in [1.807, 2.05) is 26.0 Å². The van der Waals surface area contributed by atoms with E-state index in [0.717, 1.165) is 39.6 Å². The number of nitrogens with one attached hydrogen (secondary N) is 1. The molecule has 0 bridgehead atoms. The lowest BCUT2D eigenvalue weighted by Crippen LogP contribution is -2.15. The van der Waals surface area contributed by atoms with Gasteiger partial charge in [0.05, 0.1) is 11.8 Å². The van der Waals surface area contributed by atoms with E-state index in [1.54, 1.807) is 18.6 Å². The summed E-state index contributed by atoms with van der Waals surface area (Å²) in [5, 5.41) is 13.3. The number of nitrogens with zero attached hydrogens (tertiary/aromatic N) is 4. The first kappa shape index (κ1) is 17.9. The van der Waals surface area contributed by atoms with Crippen LogP contribution in [0.1, 0.15) is 24.0 Å². The Balaban J connectivity index is 1.71. The molecule has 1 fully saturated rings. The van der Waals surface area contributed by atoms with Crippen LogP contribution < -0.4 is 11.1 Å². The molecule has 1 saturated carbocycles. The number of nitrogen functional groups attached to an aromatic ring is 1. The van der Waals surface area contributed by atoms with E-state index in [1.165, 1.54) is 0 Å². The first-order chi connectivity index (χ1) is 13.5.